The van der Waals surface area contributed by atoms with Gasteiger partial charge in [0.25, 0.3) is 0 Å². The van der Waals surface area contributed by atoms with Crippen LogP contribution in [-0.4, -0.2) is 21.1 Å². The summed E-state index contributed by atoms with van der Waals surface area (Å²) >= 11 is 0. The number of nitrogens with one attached hydrogen (secondary N) is 1. The molecule has 0 aliphatic carbocycles. The number of unbranched alkanes of at least 4 members (excludes halogenated alkanes) is 8. The van der Waals surface area contributed by atoms with Gasteiger partial charge in [0.2, 0.25) is 0 Å². The van der Waals surface area contributed by atoms with Crippen molar-refractivity contribution in [1.82, 2.24) is 9.97 Å². The third-order valence-corrected chi connectivity index (χ3v) is 4.65. The van der Waals surface area contributed by atoms with E-state index in [-0.39, 0.29) is 6.04 Å². The van der Waals surface area contributed by atoms with Crippen molar-refractivity contribution in [3.8, 4) is 0 Å². The van der Waals surface area contributed by atoms with E-state index >= 15 is 0 Å². The molecule has 0 aliphatic rings. The van der Waals surface area contributed by atoms with Gasteiger partial charge in [0.15, 0.2) is 0 Å². The van der Waals surface area contributed by atoms with E-state index in [0.717, 1.165) is 36.5 Å². The highest BCUT2D eigenvalue weighted by Gasteiger charge is 2.20. The van der Waals surface area contributed by atoms with Gasteiger partial charge in [-0.2, -0.15) is 0 Å². The van der Waals surface area contributed by atoms with Crippen LogP contribution in [0.4, 0.5) is 0 Å². The van der Waals surface area contributed by atoms with Gasteiger partial charge in [0.05, 0.1) is 5.69 Å². The molecule has 0 radical (unpaired) electrons. The maximum atomic E-state index is 10.2. The van der Waals surface area contributed by atoms with Crippen LogP contribution in [-0.2, 0) is 6.42 Å². The van der Waals surface area contributed by atoms with Crippen molar-refractivity contribution >= 4 is 0 Å². The first-order chi connectivity index (χ1) is 11.1. The van der Waals surface area contributed by atoms with Crippen molar-refractivity contribution in [1.29, 1.82) is 0 Å². The Bertz CT molecular complexity index is 417. The molecule has 1 aromatic rings. The first-order valence-electron chi connectivity index (χ1n) is 9.59. The standard InChI is InChI=1S/C19H37N3O/c1-4-6-7-8-9-10-11-12-13-14-17-21-15(3)18(22-17)19(23)16(20)5-2/h16,19,23H,4-14,20H2,1-3H3,(H,21,22). The Morgan fingerprint density at radius 3 is 2.13 bits per heavy atom. The molecule has 0 saturated heterocycles. The molecule has 134 valence electrons. The Hall–Kier alpha value is -0.870. The predicted molar refractivity (Wildman–Crippen MR) is 97.5 cm³/mol. The third kappa shape index (κ3) is 7.49. The molecule has 23 heavy (non-hydrogen) atoms. The second-order valence-corrected chi connectivity index (χ2v) is 6.79. The zero-order valence-corrected chi connectivity index (χ0v) is 15.4. The number of imidazole rings is 1. The van der Waals surface area contributed by atoms with Crippen molar-refractivity contribution in [2.24, 2.45) is 5.73 Å². The van der Waals surface area contributed by atoms with Gasteiger partial charge in [-0.25, -0.2) is 4.98 Å². The first kappa shape index (κ1) is 20.2. The number of rotatable bonds is 13. The van der Waals surface area contributed by atoms with Crippen LogP contribution in [0.2, 0.25) is 0 Å². The first-order valence-corrected chi connectivity index (χ1v) is 9.59. The number of hydrogen-bond acceptors (Lipinski definition) is 3. The molecule has 4 nitrogen and oxygen atoms in total. The van der Waals surface area contributed by atoms with E-state index in [1.807, 2.05) is 13.8 Å². The van der Waals surface area contributed by atoms with Gasteiger partial charge in [-0.3, -0.25) is 0 Å². The van der Waals surface area contributed by atoms with Crippen LogP contribution in [0.3, 0.4) is 0 Å². The molecule has 0 saturated carbocycles. The molecule has 4 heteroatoms. The summed E-state index contributed by atoms with van der Waals surface area (Å²) in [5.41, 5.74) is 7.60. The normalized spacial score (nSPS) is 14.1. The molecule has 1 rings (SSSR count). The Kier molecular flexibility index (Phi) is 10.2. The molecule has 0 aliphatic heterocycles. The molecule has 0 fully saturated rings. The van der Waals surface area contributed by atoms with E-state index in [0.29, 0.717) is 0 Å². The molecule has 2 atom stereocenters. The van der Waals surface area contributed by atoms with Crippen molar-refractivity contribution in [2.45, 2.75) is 104 Å². The maximum Gasteiger partial charge on any atom is 0.113 e. The third-order valence-electron chi connectivity index (χ3n) is 4.65. The summed E-state index contributed by atoms with van der Waals surface area (Å²) in [7, 11) is 0. The van der Waals surface area contributed by atoms with Gasteiger partial charge in [-0.05, 0) is 19.8 Å². The Balaban J connectivity index is 2.21. The van der Waals surface area contributed by atoms with E-state index in [4.69, 9.17) is 5.73 Å². The number of aromatic nitrogens is 2. The molecule has 0 aromatic carbocycles. The minimum absolute atomic E-state index is 0.238. The van der Waals surface area contributed by atoms with Crippen LogP contribution < -0.4 is 5.73 Å². The van der Waals surface area contributed by atoms with Gasteiger partial charge in [-0.15, -0.1) is 0 Å². The number of aliphatic hydroxyl groups is 1. The Morgan fingerprint density at radius 1 is 1.00 bits per heavy atom. The minimum atomic E-state index is -0.659. The molecule has 1 aromatic heterocycles. The largest absolute Gasteiger partial charge is 0.385 e. The predicted octanol–water partition coefficient (Wildman–Crippen LogP) is 4.56. The quantitative estimate of drug-likeness (QED) is 0.466. The van der Waals surface area contributed by atoms with E-state index in [2.05, 4.69) is 16.9 Å². The SMILES string of the molecule is CCCCCCCCCCCc1nc(C(O)C(N)CC)c(C)[nH]1. The Morgan fingerprint density at radius 2 is 1.57 bits per heavy atom. The Labute approximate surface area is 142 Å². The summed E-state index contributed by atoms with van der Waals surface area (Å²) in [5, 5.41) is 10.2. The number of aryl methyl sites for hydroxylation is 2. The molecular weight excluding hydrogens is 286 g/mol. The average Bonchev–Trinajstić information content (AvgIpc) is 2.92. The zero-order valence-electron chi connectivity index (χ0n) is 15.4. The summed E-state index contributed by atoms with van der Waals surface area (Å²) in [6.07, 6.45) is 13.0. The lowest BCUT2D eigenvalue weighted by Crippen LogP contribution is -2.28. The fourth-order valence-electron chi connectivity index (χ4n) is 2.97. The lowest BCUT2D eigenvalue weighted by Gasteiger charge is -2.15. The van der Waals surface area contributed by atoms with E-state index in [9.17, 15) is 5.11 Å². The van der Waals surface area contributed by atoms with Gasteiger partial charge in [0, 0.05) is 18.2 Å². The van der Waals surface area contributed by atoms with Gasteiger partial charge in [0.1, 0.15) is 11.9 Å². The number of aliphatic hydroxyl groups excluding tert-OH is 1. The minimum Gasteiger partial charge on any atom is -0.385 e. The number of H-pyrrole nitrogens is 1. The highest BCUT2D eigenvalue weighted by Crippen LogP contribution is 2.20. The highest BCUT2D eigenvalue weighted by molar-refractivity contribution is 5.17. The van der Waals surface area contributed by atoms with E-state index in [1.165, 1.54) is 51.4 Å². The summed E-state index contributed by atoms with van der Waals surface area (Å²) < 4.78 is 0. The summed E-state index contributed by atoms with van der Waals surface area (Å²) in [5.74, 6) is 0.989. The second kappa shape index (κ2) is 11.6. The molecule has 2 unspecified atom stereocenters. The van der Waals surface area contributed by atoms with Crippen LogP contribution in [0.5, 0.6) is 0 Å². The lowest BCUT2D eigenvalue weighted by molar-refractivity contribution is 0.139. The van der Waals surface area contributed by atoms with Crippen LogP contribution in [0.1, 0.15) is 101 Å². The molecule has 4 N–H and O–H groups in total. The van der Waals surface area contributed by atoms with Crippen LogP contribution >= 0.6 is 0 Å². The topological polar surface area (TPSA) is 74.9 Å². The van der Waals surface area contributed by atoms with Crippen LogP contribution in [0.15, 0.2) is 0 Å². The van der Waals surface area contributed by atoms with Crippen molar-refractivity contribution in [3.05, 3.63) is 17.2 Å². The number of nitrogens with zero attached hydrogens (tertiary/aromatic N) is 1. The van der Waals surface area contributed by atoms with Gasteiger partial charge in [-0.1, -0.05) is 65.2 Å². The summed E-state index contributed by atoms with van der Waals surface area (Å²) in [6, 6.07) is -0.238. The molecular formula is C19H37N3O. The molecule has 0 spiro atoms. The van der Waals surface area contributed by atoms with Crippen molar-refractivity contribution in [2.75, 3.05) is 0 Å². The van der Waals surface area contributed by atoms with Gasteiger partial charge < -0.3 is 15.8 Å². The second-order valence-electron chi connectivity index (χ2n) is 6.79. The highest BCUT2D eigenvalue weighted by atomic mass is 16.3. The van der Waals surface area contributed by atoms with Crippen LogP contribution in [0, 0.1) is 6.92 Å². The summed E-state index contributed by atoms with van der Waals surface area (Å²) in [4.78, 5) is 7.86. The average molecular weight is 324 g/mol. The van der Waals surface area contributed by atoms with Crippen molar-refractivity contribution < 1.29 is 5.11 Å². The lowest BCUT2D eigenvalue weighted by atomic mass is 10.1. The summed E-state index contributed by atoms with van der Waals surface area (Å²) in [6.45, 7) is 6.21. The molecule has 0 bridgehead atoms. The number of aromatic amines is 1. The smallest absolute Gasteiger partial charge is 0.113 e. The molecule has 1 heterocycles. The fraction of sp³-hybridized carbons (Fsp3) is 0.842. The number of hydrogen-bond donors (Lipinski definition) is 3. The van der Waals surface area contributed by atoms with E-state index < -0.39 is 6.10 Å². The van der Waals surface area contributed by atoms with Gasteiger partial charge >= 0.3 is 0 Å². The monoisotopic (exact) mass is 323 g/mol. The van der Waals surface area contributed by atoms with E-state index in [1.54, 1.807) is 0 Å². The molecule has 0 amide bonds. The fourth-order valence-corrected chi connectivity index (χ4v) is 2.97. The van der Waals surface area contributed by atoms with Crippen LogP contribution in [0.25, 0.3) is 0 Å². The van der Waals surface area contributed by atoms with Crippen molar-refractivity contribution in [3.63, 3.8) is 0 Å². The maximum absolute atomic E-state index is 10.2. The zero-order chi connectivity index (χ0) is 17.1. The number of nitrogens with two attached hydrogens (primary N) is 1.